The molecule has 2 aliphatic rings. The van der Waals surface area contributed by atoms with E-state index in [4.69, 9.17) is 0 Å². The number of thiophene rings is 1. The van der Waals surface area contributed by atoms with Crippen molar-refractivity contribution in [3.63, 3.8) is 0 Å². The Morgan fingerprint density at radius 3 is 2.31 bits per heavy atom. The SMILES string of the molecule is CC1CCC(C(=O)N(c2cc(-c3ccccc3)sc2C(=O)O)C2CCN(C=O)CC2)CC1. The van der Waals surface area contributed by atoms with E-state index in [2.05, 4.69) is 6.92 Å². The van der Waals surface area contributed by atoms with Gasteiger partial charge in [0.1, 0.15) is 4.88 Å². The number of likely N-dealkylation sites (tertiary alicyclic amines) is 1. The highest BCUT2D eigenvalue weighted by Crippen LogP contribution is 2.41. The maximum Gasteiger partial charge on any atom is 0.348 e. The number of carbonyl (C=O) groups is 3. The fraction of sp³-hybridized carbons (Fsp3) is 0.480. The van der Waals surface area contributed by atoms with Gasteiger partial charge in [-0.15, -0.1) is 11.3 Å². The lowest BCUT2D eigenvalue weighted by Gasteiger charge is -2.39. The van der Waals surface area contributed by atoms with E-state index in [-0.39, 0.29) is 22.7 Å². The van der Waals surface area contributed by atoms with Gasteiger partial charge in [-0.25, -0.2) is 4.79 Å². The summed E-state index contributed by atoms with van der Waals surface area (Å²) < 4.78 is 0. The molecule has 2 aromatic rings. The Kier molecular flexibility index (Phi) is 6.94. The van der Waals surface area contributed by atoms with Gasteiger partial charge in [0.15, 0.2) is 0 Å². The van der Waals surface area contributed by atoms with Crippen molar-refractivity contribution < 1.29 is 19.5 Å². The molecular weight excluding hydrogens is 424 g/mol. The molecule has 170 valence electrons. The lowest BCUT2D eigenvalue weighted by Crippen LogP contribution is -2.50. The van der Waals surface area contributed by atoms with E-state index in [1.54, 1.807) is 9.80 Å². The fourth-order valence-electron chi connectivity index (χ4n) is 4.91. The van der Waals surface area contributed by atoms with Gasteiger partial charge >= 0.3 is 5.97 Å². The van der Waals surface area contributed by atoms with Crippen LogP contribution in [0.1, 0.15) is 55.1 Å². The molecule has 2 heterocycles. The molecule has 32 heavy (non-hydrogen) atoms. The molecule has 6 nitrogen and oxygen atoms in total. The highest BCUT2D eigenvalue weighted by Gasteiger charge is 2.37. The van der Waals surface area contributed by atoms with E-state index in [1.807, 2.05) is 36.4 Å². The van der Waals surface area contributed by atoms with Gasteiger partial charge in [-0.2, -0.15) is 0 Å². The van der Waals surface area contributed by atoms with Crippen LogP contribution in [0.3, 0.4) is 0 Å². The van der Waals surface area contributed by atoms with Gasteiger partial charge in [0, 0.05) is 29.9 Å². The molecule has 1 aliphatic heterocycles. The third kappa shape index (κ3) is 4.72. The molecule has 1 aromatic carbocycles. The smallest absolute Gasteiger partial charge is 0.348 e. The number of piperidine rings is 1. The number of carboxylic acids is 1. The lowest BCUT2D eigenvalue weighted by molar-refractivity contribution is -0.124. The van der Waals surface area contributed by atoms with Crippen molar-refractivity contribution in [1.82, 2.24) is 4.90 Å². The molecule has 0 bridgehead atoms. The van der Waals surface area contributed by atoms with Crippen molar-refractivity contribution in [2.45, 2.75) is 51.5 Å². The molecule has 1 aromatic heterocycles. The number of carboxylic acid groups (broad SMARTS) is 1. The lowest BCUT2D eigenvalue weighted by atomic mass is 9.82. The molecular formula is C25H30N2O4S. The van der Waals surface area contributed by atoms with Crippen molar-refractivity contribution in [3.05, 3.63) is 41.3 Å². The van der Waals surface area contributed by atoms with Crippen LogP contribution in [0.25, 0.3) is 10.4 Å². The Balaban J connectivity index is 1.72. The van der Waals surface area contributed by atoms with E-state index < -0.39 is 5.97 Å². The number of anilines is 1. The molecule has 1 aliphatic carbocycles. The predicted molar refractivity (Wildman–Crippen MR) is 126 cm³/mol. The van der Waals surface area contributed by atoms with Crippen molar-refractivity contribution in [2.75, 3.05) is 18.0 Å². The summed E-state index contributed by atoms with van der Waals surface area (Å²) in [5.74, 6) is -0.408. The summed E-state index contributed by atoms with van der Waals surface area (Å²) in [7, 11) is 0. The van der Waals surface area contributed by atoms with Crippen LogP contribution in [0.15, 0.2) is 36.4 Å². The fourth-order valence-corrected chi connectivity index (χ4v) is 5.90. The summed E-state index contributed by atoms with van der Waals surface area (Å²) in [4.78, 5) is 41.8. The minimum Gasteiger partial charge on any atom is -0.477 e. The number of carbonyl (C=O) groups excluding carboxylic acids is 2. The Morgan fingerprint density at radius 2 is 1.72 bits per heavy atom. The summed E-state index contributed by atoms with van der Waals surface area (Å²) in [6, 6.07) is 11.5. The number of benzene rings is 1. The Morgan fingerprint density at radius 1 is 1.06 bits per heavy atom. The topological polar surface area (TPSA) is 77.9 Å². The van der Waals surface area contributed by atoms with Gasteiger partial charge in [0.2, 0.25) is 12.3 Å². The van der Waals surface area contributed by atoms with Crippen LogP contribution in [0.4, 0.5) is 5.69 Å². The van der Waals surface area contributed by atoms with Crippen molar-refractivity contribution in [2.24, 2.45) is 11.8 Å². The molecule has 0 radical (unpaired) electrons. The second-order valence-corrected chi connectivity index (χ2v) is 10.1. The average Bonchev–Trinajstić information content (AvgIpc) is 3.26. The molecule has 0 unspecified atom stereocenters. The van der Waals surface area contributed by atoms with Gasteiger partial charge in [0.05, 0.1) is 5.69 Å². The molecule has 1 N–H and O–H groups in total. The third-order valence-electron chi connectivity index (χ3n) is 6.84. The van der Waals surface area contributed by atoms with Gasteiger partial charge in [-0.3, -0.25) is 9.59 Å². The molecule has 1 saturated carbocycles. The standard InChI is InChI=1S/C25H30N2O4S/c1-17-7-9-19(10-8-17)24(29)27(20-11-13-26(16-28)14-12-20)21-15-22(32-23(21)25(30)31)18-5-3-2-4-6-18/h2-6,15-17,19-20H,7-14H2,1H3,(H,30,31). The van der Waals surface area contributed by atoms with Gasteiger partial charge in [0.25, 0.3) is 0 Å². The first-order chi connectivity index (χ1) is 15.5. The highest BCUT2D eigenvalue weighted by atomic mass is 32.1. The first kappa shape index (κ1) is 22.5. The van der Waals surface area contributed by atoms with Crippen LogP contribution < -0.4 is 4.90 Å². The summed E-state index contributed by atoms with van der Waals surface area (Å²) in [6.45, 7) is 3.39. The monoisotopic (exact) mass is 454 g/mol. The molecule has 0 atom stereocenters. The largest absolute Gasteiger partial charge is 0.477 e. The summed E-state index contributed by atoms with van der Waals surface area (Å²) in [6.07, 6.45) is 5.92. The quantitative estimate of drug-likeness (QED) is 0.630. The van der Waals surface area contributed by atoms with Gasteiger partial charge in [-0.1, -0.05) is 37.3 Å². The Hall–Kier alpha value is -2.67. The van der Waals surface area contributed by atoms with Crippen LogP contribution in [0.5, 0.6) is 0 Å². The normalized spacial score (nSPS) is 21.8. The highest BCUT2D eigenvalue weighted by molar-refractivity contribution is 7.18. The summed E-state index contributed by atoms with van der Waals surface area (Å²) in [5.41, 5.74) is 1.45. The van der Waals surface area contributed by atoms with Crippen molar-refractivity contribution in [1.29, 1.82) is 0 Å². The number of hydrogen-bond acceptors (Lipinski definition) is 4. The van der Waals surface area contributed by atoms with Crippen LogP contribution in [-0.2, 0) is 9.59 Å². The molecule has 2 amide bonds. The van der Waals surface area contributed by atoms with Crippen LogP contribution >= 0.6 is 11.3 Å². The third-order valence-corrected chi connectivity index (χ3v) is 8.00. The minimum atomic E-state index is -1.01. The van der Waals surface area contributed by atoms with E-state index in [9.17, 15) is 19.5 Å². The molecule has 0 spiro atoms. The van der Waals surface area contributed by atoms with Crippen molar-refractivity contribution in [3.8, 4) is 10.4 Å². The molecule has 1 saturated heterocycles. The average molecular weight is 455 g/mol. The van der Waals surface area contributed by atoms with Crippen molar-refractivity contribution >= 4 is 35.3 Å². The maximum atomic E-state index is 13.8. The van der Waals surface area contributed by atoms with Crippen LogP contribution in [-0.4, -0.2) is 47.4 Å². The Bertz CT molecular complexity index is 958. The summed E-state index contributed by atoms with van der Waals surface area (Å²) >= 11 is 1.22. The van der Waals surface area contributed by atoms with Gasteiger partial charge < -0.3 is 14.9 Å². The second-order valence-electron chi connectivity index (χ2n) is 9.03. The first-order valence-corrected chi connectivity index (χ1v) is 12.2. The van der Waals surface area contributed by atoms with Crippen LogP contribution in [0, 0.1) is 11.8 Å². The first-order valence-electron chi connectivity index (χ1n) is 11.4. The number of rotatable bonds is 6. The van der Waals surface area contributed by atoms with E-state index in [1.165, 1.54) is 11.3 Å². The zero-order valence-electron chi connectivity index (χ0n) is 18.4. The maximum absolute atomic E-state index is 13.8. The van der Waals surface area contributed by atoms with E-state index in [0.29, 0.717) is 37.5 Å². The van der Waals surface area contributed by atoms with Gasteiger partial charge in [-0.05, 0) is 56.1 Å². The molecule has 2 fully saturated rings. The number of amides is 2. The molecule has 4 rings (SSSR count). The molecule has 7 heteroatoms. The predicted octanol–water partition coefficient (Wildman–Crippen LogP) is 4.89. The number of nitrogens with zero attached hydrogens (tertiary/aromatic N) is 2. The zero-order valence-corrected chi connectivity index (χ0v) is 19.2. The number of aromatic carboxylic acids is 1. The number of hydrogen-bond donors (Lipinski definition) is 1. The van der Waals surface area contributed by atoms with Crippen LogP contribution in [0.2, 0.25) is 0 Å². The minimum absolute atomic E-state index is 0.0429. The summed E-state index contributed by atoms with van der Waals surface area (Å²) in [5, 5.41) is 10.00. The zero-order chi connectivity index (χ0) is 22.7. The van der Waals surface area contributed by atoms with E-state index in [0.717, 1.165) is 42.5 Å². The van der Waals surface area contributed by atoms with E-state index >= 15 is 0 Å². The Labute approximate surface area is 192 Å². The second kappa shape index (κ2) is 9.86.